The molecule has 1 heterocycles. The summed E-state index contributed by atoms with van der Waals surface area (Å²) in [5, 5.41) is 8.78. The van der Waals surface area contributed by atoms with Crippen LogP contribution in [0.15, 0.2) is 0 Å². The predicted octanol–water partition coefficient (Wildman–Crippen LogP) is 2.21. The fourth-order valence-electron chi connectivity index (χ4n) is 6.41. The van der Waals surface area contributed by atoms with E-state index in [4.69, 9.17) is 5.11 Å². The predicted molar refractivity (Wildman–Crippen MR) is 90.5 cm³/mol. The van der Waals surface area contributed by atoms with Gasteiger partial charge in [0.25, 0.3) is 0 Å². The van der Waals surface area contributed by atoms with E-state index in [-0.39, 0.29) is 6.42 Å². The molecule has 24 heavy (non-hydrogen) atoms. The molecule has 0 aromatic carbocycles. The average Bonchev–Trinajstić information content (AvgIpc) is 2.51. The largest absolute Gasteiger partial charge is 0.481 e. The van der Waals surface area contributed by atoms with Crippen LogP contribution in [0.3, 0.4) is 0 Å². The smallest absolute Gasteiger partial charge is 0.304 e. The quantitative estimate of drug-likeness (QED) is 0.837. The fourth-order valence-corrected chi connectivity index (χ4v) is 6.41. The Bertz CT molecular complexity index is 475. The van der Waals surface area contributed by atoms with Gasteiger partial charge in [0, 0.05) is 39.1 Å². The Kier molecular flexibility index (Phi) is 4.31. The van der Waals surface area contributed by atoms with Crippen LogP contribution >= 0.6 is 0 Å². The van der Waals surface area contributed by atoms with Gasteiger partial charge < -0.3 is 10.0 Å². The minimum Gasteiger partial charge on any atom is -0.481 e. The van der Waals surface area contributed by atoms with Crippen molar-refractivity contribution in [3.05, 3.63) is 0 Å². The summed E-state index contributed by atoms with van der Waals surface area (Å²) in [6.07, 6.45) is 9.13. The van der Waals surface area contributed by atoms with Gasteiger partial charge in [-0.15, -0.1) is 0 Å². The first-order chi connectivity index (χ1) is 11.5. The monoisotopic (exact) mass is 334 g/mol. The Morgan fingerprint density at radius 2 is 1.46 bits per heavy atom. The SMILES string of the molecule is O=C(O)CCN1CCN(C(=O)CC23CC4CC(CC(C4)C2)C3)CC1. The van der Waals surface area contributed by atoms with Gasteiger partial charge in [-0.3, -0.25) is 14.5 Å². The van der Waals surface area contributed by atoms with Crippen molar-refractivity contribution in [1.29, 1.82) is 0 Å². The van der Waals surface area contributed by atoms with Gasteiger partial charge in [-0.1, -0.05) is 0 Å². The molecule has 0 atom stereocenters. The van der Waals surface area contributed by atoms with Crippen LogP contribution in [-0.2, 0) is 9.59 Å². The van der Waals surface area contributed by atoms with Crippen LogP contribution < -0.4 is 0 Å². The van der Waals surface area contributed by atoms with Gasteiger partial charge >= 0.3 is 5.97 Å². The van der Waals surface area contributed by atoms with E-state index in [1.54, 1.807) is 0 Å². The van der Waals surface area contributed by atoms with Crippen molar-refractivity contribution in [3.63, 3.8) is 0 Å². The number of aliphatic carboxylic acids is 1. The van der Waals surface area contributed by atoms with E-state index in [9.17, 15) is 9.59 Å². The van der Waals surface area contributed by atoms with Crippen LogP contribution in [0.1, 0.15) is 51.4 Å². The van der Waals surface area contributed by atoms with E-state index in [0.717, 1.165) is 50.4 Å². The highest BCUT2D eigenvalue weighted by Gasteiger charge is 2.51. The van der Waals surface area contributed by atoms with E-state index < -0.39 is 5.97 Å². The number of rotatable bonds is 5. The molecule has 5 rings (SSSR count). The summed E-state index contributed by atoms with van der Waals surface area (Å²) in [5.74, 6) is 2.32. The third kappa shape index (κ3) is 3.32. The first kappa shape index (κ1) is 16.4. The minimum atomic E-state index is -0.740. The Balaban J connectivity index is 1.29. The molecule has 1 amide bonds. The van der Waals surface area contributed by atoms with E-state index >= 15 is 0 Å². The molecule has 5 aliphatic rings. The molecule has 134 valence electrons. The standard InChI is InChI=1S/C19H30N2O3/c22-17(21-5-3-20(4-6-21)2-1-18(23)24)13-19-10-14-7-15(11-19)9-16(8-14)12-19/h14-16H,1-13H2,(H,23,24). The number of hydrogen-bond acceptors (Lipinski definition) is 3. The van der Waals surface area contributed by atoms with Crippen LogP contribution in [0.5, 0.6) is 0 Å². The van der Waals surface area contributed by atoms with E-state index in [0.29, 0.717) is 17.9 Å². The molecule has 4 aliphatic carbocycles. The van der Waals surface area contributed by atoms with Crippen LogP contribution in [0.4, 0.5) is 0 Å². The Morgan fingerprint density at radius 1 is 0.917 bits per heavy atom. The molecule has 4 saturated carbocycles. The topological polar surface area (TPSA) is 60.9 Å². The number of carboxylic acids is 1. The lowest BCUT2D eigenvalue weighted by atomic mass is 9.49. The first-order valence-corrected chi connectivity index (χ1v) is 9.73. The normalized spacial score (nSPS) is 38.5. The second-order valence-corrected chi connectivity index (χ2v) is 8.96. The Labute approximate surface area is 144 Å². The molecule has 1 N–H and O–H groups in total. The summed E-state index contributed by atoms with van der Waals surface area (Å²) in [4.78, 5) is 27.8. The zero-order chi connectivity index (χ0) is 16.7. The highest BCUT2D eigenvalue weighted by molar-refractivity contribution is 5.77. The molecule has 0 aromatic rings. The molecule has 5 heteroatoms. The van der Waals surface area contributed by atoms with Gasteiger partial charge in [0.15, 0.2) is 0 Å². The van der Waals surface area contributed by atoms with E-state index in [1.807, 2.05) is 4.90 Å². The van der Waals surface area contributed by atoms with Crippen molar-refractivity contribution in [2.75, 3.05) is 32.7 Å². The maximum Gasteiger partial charge on any atom is 0.304 e. The highest BCUT2D eigenvalue weighted by atomic mass is 16.4. The van der Waals surface area contributed by atoms with Gasteiger partial charge in [0.1, 0.15) is 0 Å². The van der Waals surface area contributed by atoms with Gasteiger partial charge in [0.05, 0.1) is 6.42 Å². The van der Waals surface area contributed by atoms with Crippen molar-refractivity contribution in [2.45, 2.75) is 51.4 Å². The number of piperazine rings is 1. The molecule has 0 unspecified atom stereocenters. The summed E-state index contributed by atoms with van der Waals surface area (Å²) in [6, 6.07) is 0. The number of nitrogens with zero attached hydrogens (tertiary/aromatic N) is 2. The molecule has 0 spiro atoms. The number of carboxylic acid groups (broad SMARTS) is 1. The summed E-state index contributed by atoms with van der Waals surface area (Å²) in [7, 11) is 0. The average molecular weight is 334 g/mol. The molecular weight excluding hydrogens is 304 g/mol. The van der Waals surface area contributed by atoms with Crippen molar-refractivity contribution >= 4 is 11.9 Å². The summed E-state index contributed by atoms with van der Waals surface area (Å²) in [5.41, 5.74) is 0.326. The summed E-state index contributed by atoms with van der Waals surface area (Å²) < 4.78 is 0. The number of carbonyl (C=O) groups is 2. The maximum absolute atomic E-state index is 12.9. The highest BCUT2D eigenvalue weighted by Crippen LogP contribution is 2.61. The van der Waals surface area contributed by atoms with Gasteiger partial charge in [0.2, 0.25) is 5.91 Å². The van der Waals surface area contributed by atoms with Crippen molar-refractivity contribution in [1.82, 2.24) is 9.80 Å². The van der Waals surface area contributed by atoms with Crippen LogP contribution in [0.25, 0.3) is 0 Å². The lowest BCUT2D eigenvalue weighted by Crippen LogP contribution is -2.52. The van der Waals surface area contributed by atoms with Gasteiger partial charge in [-0.25, -0.2) is 0 Å². The molecule has 5 fully saturated rings. The van der Waals surface area contributed by atoms with E-state index in [1.165, 1.54) is 38.5 Å². The van der Waals surface area contributed by atoms with Crippen LogP contribution in [0, 0.1) is 23.2 Å². The lowest BCUT2D eigenvalue weighted by Gasteiger charge is -2.57. The number of hydrogen-bond donors (Lipinski definition) is 1. The third-order valence-corrected chi connectivity index (χ3v) is 7.06. The molecule has 4 bridgehead atoms. The summed E-state index contributed by atoms with van der Waals surface area (Å²) in [6.45, 7) is 3.78. The Hall–Kier alpha value is -1.10. The van der Waals surface area contributed by atoms with E-state index in [2.05, 4.69) is 4.90 Å². The number of carbonyl (C=O) groups excluding carboxylic acids is 1. The zero-order valence-electron chi connectivity index (χ0n) is 14.6. The maximum atomic E-state index is 12.9. The zero-order valence-corrected chi connectivity index (χ0v) is 14.6. The van der Waals surface area contributed by atoms with Gasteiger partial charge in [-0.05, 0) is 61.7 Å². The van der Waals surface area contributed by atoms with Gasteiger partial charge in [-0.2, -0.15) is 0 Å². The molecular formula is C19H30N2O3. The molecule has 5 nitrogen and oxygen atoms in total. The third-order valence-electron chi connectivity index (χ3n) is 7.06. The minimum absolute atomic E-state index is 0.196. The second kappa shape index (κ2) is 6.32. The Morgan fingerprint density at radius 3 is 1.96 bits per heavy atom. The molecule has 0 radical (unpaired) electrons. The summed E-state index contributed by atoms with van der Waals surface area (Å²) >= 11 is 0. The van der Waals surface area contributed by atoms with Crippen LogP contribution in [0.2, 0.25) is 0 Å². The van der Waals surface area contributed by atoms with Crippen molar-refractivity contribution in [3.8, 4) is 0 Å². The number of amides is 1. The second-order valence-electron chi connectivity index (χ2n) is 8.96. The molecule has 0 aromatic heterocycles. The lowest BCUT2D eigenvalue weighted by molar-refractivity contribution is -0.142. The molecule has 1 aliphatic heterocycles. The molecule has 1 saturated heterocycles. The van der Waals surface area contributed by atoms with Crippen LogP contribution in [-0.4, -0.2) is 59.5 Å². The van der Waals surface area contributed by atoms with Crippen molar-refractivity contribution < 1.29 is 14.7 Å². The fraction of sp³-hybridized carbons (Fsp3) is 0.895. The van der Waals surface area contributed by atoms with Crippen molar-refractivity contribution in [2.24, 2.45) is 23.2 Å². The first-order valence-electron chi connectivity index (χ1n) is 9.73.